The Morgan fingerprint density at radius 2 is 1.89 bits per heavy atom. The van der Waals surface area contributed by atoms with Crippen molar-refractivity contribution in [3.8, 4) is 0 Å². The first kappa shape index (κ1) is 13.7. The summed E-state index contributed by atoms with van der Waals surface area (Å²) in [5.41, 5.74) is 1.42. The van der Waals surface area contributed by atoms with E-state index in [1.165, 1.54) is 18.4 Å². The molecule has 2 aromatic rings. The van der Waals surface area contributed by atoms with Gasteiger partial charge < -0.3 is 9.84 Å². The van der Waals surface area contributed by atoms with Crippen molar-refractivity contribution in [1.29, 1.82) is 0 Å². The van der Waals surface area contributed by atoms with Crippen LogP contribution in [0.3, 0.4) is 0 Å². The van der Waals surface area contributed by atoms with Crippen LogP contribution in [0.25, 0.3) is 0 Å². The second-order valence-corrected chi connectivity index (χ2v) is 4.67. The van der Waals surface area contributed by atoms with E-state index in [1.54, 1.807) is 0 Å². The summed E-state index contributed by atoms with van der Waals surface area (Å²) in [6.07, 6.45) is 4.40. The Bertz CT molecular complexity index is 467. The number of rotatable bonds is 8. The Hall–Kier alpha value is -1.68. The molecular weight excluding hydrogens is 238 g/mol. The van der Waals surface area contributed by atoms with Crippen LogP contribution in [0.2, 0.25) is 0 Å². The van der Waals surface area contributed by atoms with Gasteiger partial charge in [-0.3, -0.25) is 0 Å². The Labute approximate surface area is 114 Å². The Morgan fingerprint density at radius 1 is 1.05 bits per heavy atom. The van der Waals surface area contributed by atoms with Crippen molar-refractivity contribution in [3.05, 3.63) is 47.6 Å². The second-order valence-electron chi connectivity index (χ2n) is 4.67. The van der Waals surface area contributed by atoms with Crippen molar-refractivity contribution in [2.75, 3.05) is 13.1 Å². The summed E-state index contributed by atoms with van der Waals surface area (Å²) in [5.74, 6) is 1.42. The van der Waals surface area contributed by atoms with Crippen molar-refractivity contribution in [3.63, 3.8) is 0 Å². The summed E-state index contributed by atoms with van der Waals surface area (Å²) in [5, 5.41) is 7.27. The molecule has 0 aliphatic carbocycles. The number of unbranched alkanes of at least 4 members (excludes halogenated alkanes) is 1. The average molecular weight is 259 g/mol. The zero-order valence-electron chi connectivity index (χ0n) is 11.4. The normalized spacial score (nSPS) is 10.8. The van der Waals surface area contributed by atoms with Gasteiger partial charge in [-0.25, -0.2) is 0 Å². The van der Waals surface area contributed by atoms with Gasteiger partial charge in [0.15, 0.2) is 5.82 Å². The quantitative estimate of drug-likeness (QED) is 0.740. The highest BCUT2D eigenvalue weighted by Gasteiger charge is 2.00. The lowest BCUT2D eigenvalue weighted by Gasteiger charge is -2.03. The minimum absolute atomic E-state index is 0.637. The molecule has 102 valence electrons. The Balaban J connectivity index is 1.48. The van der Waals surface area contributed by atoms with Crippen molar-refractivity contribution in [2.24, 2.45) is 0 Å². The maximum atomic E-state index is 4.92. The first-order chi connectivity index (χ1) is 9.34. The highest BCUT2D eigenvalue weighted by molar-refractivity contribution is 5.14. The van der Waals surface area contributed by atoms with E-state index in [0.717, 1.165) is 31.8 Å². The molecule has 0 spiro atoms. The van der Waals surface area contributed by atoms with Crippen LogP contribution >= 0.6 is 0 Å². The molecule has 1 aromatic carbocycles. The van der Waals surface area contributed by atoms with E-state index >= 15 is 0 Å². The summed E-state index contributed by atoms with van der Waals surface area (Å²) < 4.78 is 4.92. The zero-order chi connectivity index (χ0) is 13.3. The fraction of sp³-hybridized carbons (Fsp3) is 0.467. The van der Waals surface area contributed by atoms with Gasteiger partial charge >= 0.3 is 0 Å². The second kappa shape index (κ2) is 7.69. The number of hydrogen-bond donors (Lipinski definition) is 1. The van der Waals surface area contributed by atoms with Gasteiger partial charge in [0.25, 0.3) is 0 Å². The van der Waals surface area contributed by atoms with Crippen LogP contribution in [0.15, 0.2) is 34.9 Å². The third-order valence-corrected chi connectivity index (χ3v) is 3.01. The van der Waals surface area contributed by atoms with Gasteiger partial charge in [0.2, 0.25) is 5.89 Å². The van der Waals surface area contributed by atoms with E-state index < -0.39 is 0 Å². The van der Waals surface area contributed by atoms with Gasteiger partial charge in [0, 0.05) is 19.9 Å². The molecule has 0 atom stereocenters. The fourth-order valence-corrected chi connectivity index (χ4v) is 1.99. The molecule has 4 heteroatoms. The highest BCUT2D eigenvalue weighted by atomic mass is 16.5. The smallest absolute Gasteiger partial charge is 0.223 e. The molecule has 4 nitrogen and oxygen atoms in total. The van der Waals surface area contributed by atoms with Crippen LogP contribution in [0, 0.1) is 6.92 Å². The number of nitrogens with one attached hydrogen (secondary N) is 1. The highest BCUT2D eigenvalue weighted by Crippen LogP contribution is 2.03. The van der Waals surface area contributed by atoms with E-state index in [4.69, 9.17) is 4.52 Å². The van der Waals surface area contributed by atoms with Gasteiger partial charge in [-0.15, -0.1) is 0 Å². The molecule has 0 aliphatic rings. The van der Waals surface area contributed by atoms with Crippen molar-refractivity contribution in [2.45, 2.75) is 32.6 Å². The predicted octanol–water partition coefficient (Wildman–Crippen LogP) is 2.53. The maximum absolute atomic E-state index is 4.92. The summed E-state index contributed by atoms with van der Waals surface area (Å²) in [6, 6.07) is 10.6. The monoisotopic (exact) mass is 259 g/mol. The summed E-state index contributed by atoms with van der Waals surface area (Å²) >= 11 is 0. The standard InChI is InChI=1S/C15H21N3O/c1-13-17-15(18-19-13)10-12-16-11-6-5-9-14-7-3-2-4-8-14/h2-4,7-8,16H,5-6,9-12H2,1H3. The van der Waals surface area contributed by atoms with Crippen LogP contribution in [0.1, 0.15) is 30.1 Å². The van der Waals surface area contributed by atoms with Crippen LogP contribution < -0.4 is 5.32 Å². The molecule has 0 bridgehead atoms. The molecule has 0 unspecified atom stereocenters. The molecular formula is C15H21N3O. The number of aromatic nitrogens is 2. The van der Waals surface area contributed by atoms with E-state index in [1.807, 2.05) is 6.92 Å². The van der Waals surface area contributed by atoms with E-state index in [9.17, 15) is 0 Å². The van der Waals surface area contributed by atoms with Gasteiger partial charge in [0.1, 0.15) is 0 Å². The summed E-state index contributed by atoms with van der Waals surface area (Å²) in [7, 11) is 0. The first-order valence-electron chi connectivity index (χ1n) is 6.88. The van der Waals surface area contributed by atoms with Crippen molar-refractivity contribution >= 4 is 0 Å². The van der Waals surface area contributed by atoms with Gasteiger partial charge in [-0.05, 0) is 31.4 Å². The van der Waals surface area contributed by atoms with E-state index in [2.05, 4.69) is 45.8 Å². The van der Waals surface area contributed by atoms with Crippen LogP contribution in [0.5, 0.6) is 0 Å². The SMILES string of the molecule is Cc1nc(CCNCCCCc2ccccc2)no1. The van der Waals surface area contributed by atoms with Crippen molar-refractivity contribution < 1.29 is 4.52 Å². The largest absolute Gasteiger partial charge is 0.340 e. The molecule has 1 heterocycles. The molecule has 19 heavy (non-hydrogen) atoms. The van der Waals surface area contributed by atoms with Crippen molar-refractivity contribution in [1.82, 2.24) is 15.5 Å². The lowest BCUT2D eigenvalue weighted by molar-refractivity contribution is 0.387. The molecule has 1 aromatic heterocycles. The summed E-state index contributed by atoms with van der Waals surface area (Å²) in [4.78, 5) is 4.17. The van der Waals surface area contributed by atoms with Gasteiger partial charge in [0.05, 0.1) is 0 Å². The lowest BCUT2D eigenvalue weighted by atomic mass is 10.1. The lowest BCUT2D eigenvalue weighted by Crippen LogP contribution is -2.19. The Kier molecular flexibility index (Phi) is 5.56. The molecule has 0 saturated carbocycles. The molecule has 0 aliphatic heterocycles. The summed E-state index contributed by atoms with van der Waals surface area (Å²) in [6.45, 7) is 3.77. The maximum Gasteiger partial charge on any atom is 0.223 e. The topological polar surface area (TPSA) is 51.0 Å². The third-order valence-electron chi connectivity index (χ3n) is 3.01. The number of aryl methyl sites for hydroxylation is 2. The van der Waals surface area contributed by atoms with Gasteiger partial charge in [-0.1, -0.05) is 35.5 Å². The molecule has 0 amide bonds. The number of hydrogen-bond acceptors (Lipinski definition) is 4. The van der Waals surface area contributed by atoms with Crippen LogP contribution in [-0.2, 0) is 12.8 Å². The molecule has 1 N–H and O–H groups in total. The minimum atomic E-state index is 0.637. The van der Waals surface area contributed by atoms with E-state index in [0.29, 0.717) is 5.89 Å². The average Bonchev–Trinajstić information content (AvgIpc) is 2.85. The zero-order valence-corrected chi connectivity index (χ0v) is 11.4. The van der Waals surface area contributed by atoms with Crippen LogP contribution in [-0.4, -0.2) is 23.2 Å². The Morgan fingerprint density at radius 3 is 2.63 bits per heavy atom. The van der Waals surface area contributed by atoms with Gasteiger partial charge in [-0.2, -0.15) is 4.98 Å². The van der Waals surface area contributed by atoms with E-state index in [-0.39, 0.29) is 0 Å². The molecule has 0 saturated heterocycles. The van der Waals surface area contributed by atoms with Crippen LogP contribution in [0.4, 0.5) is 0 Å². The predicted molar refractivity (Wildman–Crippen MR) is 75.0 cm³/mol. The molecule has 0 fully saturated rings. The molecule has 2 rings (SSSR count). The number of benzene rings is 1. The molecule has 0 radical (unpaired) electrons. The first-order valence-corrected chi connectivity index (χ1v) is 6.88. The number of nitrogens with zero attached hydrogens (tertiary/aromatic N) is 2. The fourth-order valence-electron chi connectivity index (χ4n) is 1.99. The minimum Gasteiger partial charge on any atom is -0.340 e. The third kappa shape index (κ3) is 5.22.